The van der Waals surface area contributed by atoms with Gasteiger partial charge in [0.15, 0.2) is 5.11 Å². The first-order valence-electron chi connectivity index (χ1n) is 9.77. The molecular formula is C24H17ClN2O5S. The molecule has 3 aromatic rings. The van der Waals surface area contributed by atoms with Crippen molar-refractivity contribution in [2.45, 2.75) is 13.8 Å². The Morgan fingerprint density at radius 3 is 2.52 bits per heavy atom. The van der Waals surface area contributed by atoms with Crippen LogP contribution in [0.2, 0.25) is 5.02 Å². The highest BCUT2D eigenvalue weighted by atomic mass is 35.5. The van der Waals surface area contributed by atoms with Crippen LogP contribution < -0.4 is 10.2 Å². The summed E-state index contributed by atoms with van der Waals surface area (Å²) in [6.45, 7) is 3.88. The fourth-order valence-corrected chi connectivity index (χ4v) is 3.87. The number of hydrogen-bond acceptors (Lipinski definition) is 5. The Morgan fingerprint density at radius 1 is 1.09 bits per heavy atom. The third kappa shape index (κ3) is 4.30. The van der Waals surface area contributed by atoms with Crippen LogP contribution in [0.1, 0.15) is 27.2 Å². The molecule has 2 heterocycles. The van der Waals surface area contributed by atoms with E-state index in [4.69, 9.17) is 33.3 Å². The van der Waals surface area contributed by atoms with E-state index in [2.05, 4.69) is 5.32 Å². The molecule has 1 fully saturated rings. The summed E-state index contributed by atoms with van der Waals surface area (Å²) in [5, 5.41) is 11.7. The van der Waals surface area contributed by atoms with Gasteiger partial charge < -0.3 is 9.52 Å². The van der Waals surface area contributed by atoms with Crippen molar-refractivity contribution in [2.75, 3.05) is 4.90 Å². The second-order valence-electron chi connectivity index (χ2n) is 7.43. The van der Waals surface area contributed by atoms with Gasteiger partial charge in [-0.2, -0.15) is 0 Å². The van der Waals surface area contributed by atoms with E-state index >= 15 is 0 Å². The Bertz CT molecular complexity index is 1370. The number of amides is 2. The molecule has 2 aromatic carbocycles. The number of carbonyl (C=O) groups is 3. The second kappa shape index (κ2) is 8.65. The number of benzene rings is 2. The molecule has 33 heavy (non-hydrogen) atoms. The van der Waals surface area contributed by atoms with Crippen molar-refractivity contribution < 1.29 is 23.9 Å². The van der Waals surface area contributed by atoms with Crippen LogP contribution in [-0.2, 0) is 9.59 Å². The van der Waals surface area contributed by atoms with Gasteiger partial charge in [0.2, 0.25) is 0 Å². The molecule has 0 unspecified atom stereocenters. The summed E-state index contributed by atoms with van der Waals surface area (Å²) in [4.78, 5) is 38.1. The number of carboxylic acid groups (broad SMARTS) is 1. The first-order valence-corrected chi connectivity index (χ1v) is 10.6. The lowest BCUT2D eigenvalue weighted by molar-refractivity contribution is -0.122. The van der Waals surface area contributed by atoms with Gasteiger partial charge in [-0.1, -0.05) is 23.7 Å². The van der Waals surface area contributed by atoms with Crippen LogP contribution in [0.3, 0.4) is 0 Å². The number of furan rings is 1. The molecule has 2 N–H and O–H groups in total. The van der Waals surface area contributed by atoms with Gasteiger partial charge in [0.05, 0.1) is 16.3 Å². The fraction of sp³-hybridized carbons (Fsp3) is 0.0833. The molecule has 0 radical (unpaired) electrons. The third-order valence-corrected chi connectivity index (χ3v) is 5.85. The highest BCUT2D eigenvalue weighted by molar-refractivity contribution is 7.80. The molecule has 4 rings (SSSR count). The molecular weight excluding hydrogens is 464 g/mol. The Kier molecular flexibility index (Phi) is 5.88. The van der Waals surface area contributed by atoms with Crippen LogP contribution in [0, 0.1) is 13.8 Å². The van der Waals surface area contributed by atoms with Crippen LogP contribution in [-0.4, -0.2) is 28.0 Å². The fourth-order valence-electron chi connectivity index (χ4n) is 3.33. The first kappa shape index (κ1) is 22.4. The zero-order chi connectivity index (χ0) is 23.9. The summed E-state index contributed by atoms with van der Waals surface area (Å²) in [5.41, 5.74) is 2.98. The zero-order valence-electron chi connectivity index (χ0n) is 17.5. The van der Waals surface area contributed by atoms with E-state index in [9.17, 15) is 14.4 Å². The van der Waals surface area contributed by atoms with Gasteiger partial charge in [0.1, 0.15) is 17.1 Å². The number of aryl methyl sites for hydroxylation is 2. The van der Waals surface area contributed by atoms with E-state index in [0.717, 1.165) is 11.1 Å². The standard InChI is InChI=1S/C24H17ClN2O5S/c1-12-3-5-15(9-13(12)2)27-22(29)18(21(28)26-24(27)33)11-16-6-8-20(32-16)14-4-7-17(23(30)31)19(25)10-14/h3-11H,1-2H3,(H,30,31)(H,26,28,33)/b18-11+. The van der Waals surface area contributed by atoms with Gasteiger partial charge in [0.25, 0.3) is 11.8 Å². The number of anilines is 1. The second-order valence-corrected chi connectivity index (χ2v) is 8.22. The van der Waals surface area contributed by atoms with Crippen molar-refractivity contribution in [3.8, 4) is 11.3 Å². The summed E-state index contributed by atoms with van der Waals surface area (Å²) in [5.74, 6) is -1.68. The third-order valence-electron chi connectivity index (χ3n) is 5.25. The predicted octanol–water partition coefficient (Wildman–Crippen LogP) is 4.75. The Labute approximate surface area is 199 Å². The molecule has 9 heteroatoms. The van der Waals surface area contributed by atoms with Gasteiger partial charge in [-0.15, -0.1) is 0 Å². The average Bonchev–Trinajstić information content (AvgIpc) is 3.22. The van der Waals surface area contributed by atoms with Crippen LogP contribution >= 0.6 is 23.8 Å². The summed E-state index contributed by atoms with van der Waals surface area (Å²) >= 11 is 11.3. The maximum Gasteiger partial charge on any atom is 0.337 e. The van der Waals surface area contributed by atoms with Gasteiger partial charge in [0, 0.05) is 5.56 Å². The number of nitrogens with one attached hydrogen (secondary N) is 1. The van der Waals surface area contributed by atoms with Gasteiger partial charge in [-0.25, -0.2) is 4.79 Å². The maximum absolute atomic E-state index is 13.2. The smallest absolute Gasteiger partial charge is 0.337 e. The highest BCUT2D eigenvalue weighted by Gasteiger charge is 2.34. The lowest BCUT2D eigenvalue weighted by atomic mass is 10.1. The summed E-state index contributed by atoms with van der Waals surface area (Å²) in [7, 11) is 0. The SMILES string of the molecule is Cc1ccc(N2C(=O)/C(=C/c3ccc(-c4ccc(C(=O)O)c(Cl)c4)o3)C(=O)NC2=S)cc1C. The number of nitrogens with zero attached hydrogens (tertiary/aromatic N) is 1. The predicted molar refractivity (Wildman–Crippen MR) is 128 cm³/mol. The van der Waals surface area contributed by atoms with Gasteiger partial charge in [-0.3, -0.25) is 19.8 Å². The van der Waals surface area contributed by atoms with Crippen molar-refractivity contribution in [3.05, 3.63) is 81.6 Å². The number of carbonyl (C=O) groups excluding carboxylic acids is 2. The average molecular weight is 481 g/mol. The normalized spacial score (nSPS) is 15.2. The summed E-state index contributed by atoms with van der Waals surface area (Å²) < 4.78 is 5.76. The van der Waals surface area contributed by atoms with E-state index in [-0.39, 0.29) is 27.0 Å². The maximum atomic E-state index is 13.2. The summed E-state index contributed by atoms with van der Waals surface area (Å²) in [6, 6.07) is 13.1. The number of aromatic carboxylic acids is 1. The van der Waals surface area contributed by atoms with Crippen molar-refractivity contribution in [2.24, 2.45) is 0 Å². The molecule has 0 atom stereocenters. The van der Waals surface area contributed by atoms with Crippen LogP contribution in [0.15, 0.2) is 58.5 Å². The molecule has 1 saturated heterocycles. The molecule has 1 aliphatic heterocycles. The number of rotatable bonds is 4. The van der Waals surface area contributed by atoms with Crippen molar-refractivity contribution in [1.82, 2.24) is 5.32 Å². The molecule has 0 aliphatic carbocycles. The Hall–Kier alpha value is -3.75. The molecule has 1 aromatic heterocycles. The van der Waals surface area contributed by atoms with E-state index < -0.39 is 17.8 Å². The van der Waals surface area contributed by atoms with Crippen molar-refractivity contribution in [1.29, 1.82) is 0 Å². The molecule has 166 valence electrons. The van der Waals surface area contributed by atoms with E-state index in [1.165, 1.54) is 23.1 Å². The Balaban J connectivity index is 1.66. The highest BCUT2D eigenvalue weighted by Crippen LogP contribution is 2.29. The van der Waals surface area contributed by atoms with E-state index in [1.54, 1.807) is 24.3 Å². The zero-order valence-corrected chi connectivity index (χ0v) is 19.1. The monoisotopic (exact) mass is 480 g/mol. The number of carboxylic acids is 1. The number of hydrogen-bond donors (Lipinski definition) is 2. The van der Waals surface area contributed by atoms with Crippen LogP contribution in [0.4, 0.5) is 5.69 Å². The minimum Gasteiger partial charge on any atom is -0.478 e. The van der Waals surface area contributed by atoms with Crippen LogP contribution in [0.25, 0.3) is 17.4 Å². The Morgan fingerprint density at radius 2 is 1.85 bits per heavy atom. The van der Waals surface area contributed by atoms with Gasteiger partial charge in [-0.05, 0) is 79.7 Å². The topological polar surface area (TPSA) is 99.8 Å². The van der Waals surface area contributed by atoms with Gasteiger partial charge >= 0.3 is 5.97 Å². The number of halogens is 1. The first-order chi connectivity index (χ1) is 15.7. The number of thiocarbonyl (C=S) groups is 1. The summed E-state index contributed by atoms with van der Waals surface area (Å²) in [6.07, 6.45) is 1.34. The molecule has 7 nitrogen and oxygen atoms in total. The lowest BCUT2D eigenvalue weighted by Gasteiger charge is -2.29. The van der Waals surface area contributed by atoms with E-state index in [0.29, 0.717) is 17.0 Å². The molecule has 0 spiro atoms. The largest absolute Gasteiger partial charge is 0.478 e. The van der Waals surface area contributed by atoms with Crippen molar-refractivity contribution >= 4 is 58.5 Å². The minimum absolute atomic E-state index is 0.00120. The molecule has 0 bridgehead atoms. The minimum atomic E-state index is -1.13. The molecule has 0 saturated carbocycles. The molecule has 2 amide bonds. The van der Waals surface area contributed by atoms with Crippen LogP contribution in [0.5, 0.6) is 0 Å². The molecule has 1 aliphatic rings. The lowest BCUT2D eigenvalue weighted by Crippen LogP contribution is -2.54. The van der Waals surface area contributed by atoms with Crippen molar-refractivity contribution in [3.63, 3.8) is 0 Å². The quantitative estimate of drug-likeness (QED) is 0.317. The van der Waals surface area contributed by atoms with E-state index in [1.807, 2.05) is 26.0 Å².